The van der Waals surface area contributed by atoms with Gasteiger partial charge in [0.25, 0.3) is 0 Å². The van der Waals surface area contributed by atoms with Gasteiger partial charge in [0, 0.05) is 17.3 Å². The number of nitrogens with one attached hydrogen (secondary N) is 1. The number of hydrogen-bond donors (Lipinski definition) is 1. The molecule has 0 aliphatic rings. The van der Waals surface area contributed by atoms with Gasteiger partial charge < -0.3 is 5.32 Å². The summed E-state index contributed by atoms with van der Waals surface area (Å²) in [6.45, 7) is 6.64. The number of rotatable bonds is 3. The van der Waals surface area contributed by atoms with Gasteiger partial charge in [-0.1, -0.05) is 0 Å². The number of anilines is 1. The van der Waals surface area contributed by atoms with Crippen molar-refractivity contribution in [2.45, 2.75) is 27.3 Å². The van der Waals surface area contributed by atoms with Gasteiger partial charge in [-0.2, -0.15) is 0 Å². The molecule has 2 heterocycles. The van der Waals surface area contributed by atoms with Crippen molar-refractivity contribution in [3.8, 4) is 0 Å². The molecule has 0 saturated carbocycles. The molecule has 2 rings (SSSR count). The summed E-state index contributed by atoms with van der Waals surface area (Å²) in [6, 6.07) is 0. The van der Waals surface area contributed by atoms with Crippen LogP contribution in [0.3, 0.4) is 0 Å². The molecule has 0 aliphatic heterocycles. The summed E-state index contributed by atoms with van der Waals surface area (Å²) in [5, 5.41) is 4.33. The second kappa shape index (κ2) is 4.57. The largest absolute Gasteiger partial charge is 0.362 e. The van der Waals surface area contributed by atoms with Gasteiger partial charge in [-0.25, -0.2) is 9.97 Å². The Labute approximate surface area is 98.8 Å². The molecule has 84 valence electrons. The number of thiazole rings is 1. The molecule has 0 spiro atoms. The molecule has 2 aromatic heterocycles. The lowest BCUT2D eigenvalue weighted by atomic mass is 10.4. The van der Waals surface area contributed by atoms with Crippen molar-refractivity contribution in [2.75, 3.05) is 5.32 Å². The summed E-state index contributed by atoms with van der Waals surface area (Å²) in [7, 11) is 0. The molecule has 0 amide bonds. The third kappa shape index (κ3) is 2.55. The first-order valence-electron chi connectivity index (χ1n) is 5.10. The van der Waals surface area contributed by atoms with Gasteiger partial charge in [0.05, 0.1) is 17.9 Å². The quantitative estimate of drug-likeness (QED) is 0.886. The Morgan fingerprint density at radius 1 is 1.19 bits per heavy atom. The first-order chi connectivity index (χ1) is 7.65. The Morgan fingerprint density at radius 3 is 2.69 bits per heavy atom. The van der Waals surface area contributed by atoms with Crippen LogP contribution in [0.15, 0.2) is 12.4 Å². The fourth-order valence-corrected chi connectivity index (χ4v) is 2.07. The zero-order chi connectivity index (χ0) is 11.5. The lowest BCUT2D eigenvalue weighted by Gasteiger charge is -2.06. The molecule has 0 bridgehead atoms. The predicted octanol–water partition coefficient (Wildman–Crippen LogP) is 2.47. The van der Waals surface area contributed by atoms with Gasteiger partial charge in [-0.05, 0) is 20.8 Å². The van der Waals surface area contributed by atoms with E-state index in [0.717, 1.165) is 22.2 Å². The molecule has 0 fully saturated rings. The predicted molar refractivity (Wildman–Crippen MR) is 65.7 cm³/mol. The number of hydrogen-bond acceptors (Lipinski definition) is 5. The summed E-state index contributed by atoms with van der Waals surface area (Å²) >= 11 is 1.70. The monoisotopic (exact) mass is 234 g/mol. The maximum atomic E-state index is 4.40. The van der Waals surface area contributed by atoms with Crippen molar-refractivity contribution in [3.05, 3.63) is 33.7 Å². The van der Waals surface area contributed by atoms with Crippen LogP contribution in [0, 0.1) is 20.8 Å². The van der Waals surface area contributed by atoms with E-state index in [0.29, 0.717) is 6.54 Å². The van der Waals surface area contributed by atoms with Crippen LogP contribution in [-0.2, 0) is 6.54 Å². The number of aromatic nitrogens is 3. The van der Waals surface area contributed by atoms with E-state index in [1.807, 2.05) is 20.0 Å². The van der Waals surface area contributed by atoms with Gasteiger partial charge in [0.15, 0.2) is 0 Å². The van der Waals surface area contributed by atoms with Gasteiger partial charge in [-0.3, -0.25) is 4.98 Å². The van der Waals surface area contributed by atoms with Crippen LogP contribution in [0.4, 0.5) is 5.82 Å². The smallest absolute Gasteiger partial charge is 0.148 e. The van der Waals surface area contributed by atoms with Crippen molar-refractivity contribution < 1.29 is 0 Å². The fraction of sp³-hybridized carbons (Fsp3) is 0.364. The van der Waals surface area contributed by atoms with Gasteiger partial charge in [0.2, 0.25) is 0 Å². The molecule has 16 heavy (non-hydrogen) atoms. The Morgan fingerprint density at radius 2 is 2.00 bits per heavy atom. The van der Waals surface area contributed by atoms with Crippen molar-refractivity contribution in [3.63, 3.8) is 0 Å². The molecule has 2 aromatic rings. The summed E-state index contributed by atoms with van der Waals surface area (Å²) in [5.74, 6) is 0.841. The standard InChI is InChI=1S/C11H14N4S/c1-7-4-12-9(3)11(15-7)14-6-10-13-5-8(2)16-10/h4-5H,6H2,1-3H3,(H,14,15). The average Bonchev–Trinajstić information content (AvgIpc) is 2.66. The topological polar surface area (TPSA) is 50.7 Å². The second-order valence-corrected chi connectivity index (χ2v) is 4.98. The van der Waals surface area contributed by atoms with Crippen molar-refractivity contribution >= 4 is 17.2 Å². The van der Waals surface area contributed by atoms with Crippen molar-refractivity contribution in [1.29, 1.82) is 0 Å². The minimum absolute atomic E-state index is 0.706. The van der Waals surface area contributed by atoms with E-state index in [2.05, 4.69) is 27.2 Å². The zero-order valence-electron chi connectivity index (χ0n) is 9.61. The summed E-state index contributed by atoms with van der Waals surface area (Å²) in [5.41, 5.74) is 1.84. The number of nitrogens with zero attached hydrogens (tertiary/aromatic N) is 3. The molecule has 0 aliphatic carbocycles. The number of aryl methyl sites for hydroxylation is 3. The maximum absolute atomic E-state index is 4.40. The Kier molecular flexibility index (Phi) is 3.14. The second-order valence-electron chi connectivity index (χ2n) is 3.66. The fourth-order valence-electron chi connectivity index (χ4n) is 1.35. The van der Waals surface area contributed by atoms with Crippen LogP contribution in [0.5, 0.6) is 0 Å². The van der Waals surface area contributed by atoms with Crippen molar-refractivity contribution in [2.24, 2.45) is 0 Å². The molecule has 0 atom stereocenters. The highest BCUT2D eigenvalue weighted by Gasteiger charge is 2.03. The third-order valence-electron chi connectivity index (χ3n) is 2.15. The van der Waals surface area contributed by atoms with E-state index in [1.54, 1.807) is 17.5 Å². The lowest BCUT2D eigenvalue weighted by Crippen LogP contribution is -2.04. The molecular weight excluding hydrogens is 220 g/mol. The zero-order valence-corrected chi connectivity index (χ0v) is 10.4. The Balaban J connectivity index is 2.07. The third-order valence-corrected chi connectivity index (χ3v) is 3.06. The van der Waals surface area contributed by atoms with E-state index >= 15 is 0 Å². The highest BCUT2D eigenvalue weighted by molar-refractivity contribution is 7.11. The molecule has 0 aromatic carbocycles. The van der Waals surface area contributed by atoms with E-state index in [1.165, 1.54) is 4.88 Å². The molecule has 0 radical (unpaired) electrons. The SMILES string of the molecule is Cc1cnc(C)c(NCc2ncc(C)s2)n1. The van der Waals surface area contributed by atoms with E-state index in [-0.39, 0.29) is 0 Å². The van der Waals surface area contributed by atoms with E-state index < -0.39 is 0 Å². The summed E-state index contributed by atoms with van der Waals surface area (Å²) in [6.07, 6.45) is 3.66. The highest BCUT2D eigenvalue weighted by atomic mass is 32.1. The Hall–Kier alpha value is -1.49. The average molecular weight is 234 g/mol. The molecular formula is C11H14N4S. The van der Waals surface area contributed by atoms with Gasteiger partial charge >= 0.3 is 0 Å². The van der Waals surface area contributed by atoms with Crippen LogP contribution in [0.25, 0.3) is 0 Å². The molecule has 0 saturated heterocycles. The van der Waals surface area contributed by atoms with Gasteiger partial charge in [-0.15, -0.1) is 11.3 Å². The lowest BCUT2D eigenvalue weighted by molar-refractivity contribution is 1.01. The minimum atomic E-state index is 0.706. The Bertz CT molecular complexity index is 492. The maximum Gasteiger partial charge on any atom is 0.148 e. The van der Waals surface area contributed by atoms with Crippen LogP contribution >= 0.6 is 11.3 Å². The van der Waals surface area contributed by atoms with Crippen LogP contribution in [0.1, 0.15) is 21.3 Å². The van der Waals surface area contributed by atoms with E-state index in [9.17, 15) is 0 Å². The first-order valence-corrected chi connectivity index (χ1v) is 5.92. The van der Waals surface area contributed by atoms with Crippen LogP contribution in [-0.4, -0.2) is 15.0 Å². The molecule has 4 nitrogen and oxygen atoms in total. The molecule has 5 heteroatoms. The van der Waals surface area contributed by atoms with Crippen LogP contribution < -0.4 is 5.32 Å². The van der Waals surface area contributed by atoms with Crippen molar-refractivity contribution in [1.82, 2.24) is 15.0 Å². The van der Waals surface area contributed by atoms with Crippen LogP contribution in [0.2, 0.25) is 0 Å². The van der Waals surface area contributed by atoms with Gasteiger partial charge in [0.1, 0.15) is 10.8 Å². The highest BCUT2D eigenvalue weighted by Crippen LogP contribution is 2.14. The van der Waals surface area contributed by atoms with E-state index in [4.69, 9.17) is 0 Å². The normalized spacial score (nSPS) is 10.4. The summed E-state index contributed by atoms with van der Waals surface area (Å²) < 4.78 is 0. The minimum Gasteiger partial charge on any atom is -0.362 e. The molecule has 0 unspecified atom stereocenters. The first kappa shape index (κ1) is 11.0. The summed E-state index contributed by atoms with van der Waals surface area (Å²) in [4.78, 5) is 14.2. The molecule has 1 N–H and O–H groups in total.